The molecule has 0 heterocycles. The maximum atomic E-state index is 10.3. The quantitative estimate of drug-likeness (QED) is 0.352. The number of non-ortho nitro benzene ring substituents is 1. The fourth-order valence-corrected chi connectivity index (χ4v) is 1.76. The molecule has 0 saturated carbocycles. The van der Waals surface area contributed by atoms with Crippen LogP contribution in [0.15, 0.2) is 29.2 Å². The van der Waals surface area contributed by atoms with E-state index in [1.54, 1.807) is 23.9 Å². The second-order valence-electron chi connectivity index (χ2n) is 2.68. The Labute approximate surface area is 86.1 Å². The van der Waals surface area contributed by atoms with Crippen LogP contribution in [0.25, 0.3) is 0 Å². The van der Waals surface area contributed by atoms with Crippen molar-refractivity contribution in [2.75, 3.05) is 12.4 Å². The molecule has 5 heteroatoms. The smallest absolute Gasteiger partial charge is 0.269 e. The Morgan fingerprint density at radius 3 is 2.50 bits per heavy atom. The first kappa shape index (κ1) is 11.0. The molecule has 1 aromatic rings. The normalized spacial score (nSPS) is 10.1. The van der Waals surface area contributed by atoms with E-state index in [4.69, 9.17) is 5.11 Å². The van der Waals surface area contributed by atoms with Crippen LogP contribution < -0.4 is 0 Å². The Hall–Kier alpha value is -1.07. The maximum absolute atomic E-state index is 10.3. The van der Waals surface area contributed by atoms with Gasteiger partial charge >= 0.3 is 0 Å². The molecule has 0 atom stereocenters. The van der Waals surface area contributed by atoms with Gasteiger partial charge in [-0.3, -0.25) is 10.1 Å². The predicted molar refractivity (Wildman–Crippen MR) is 55.5 cm³/mol. The van der Waals surface area contributed by atoms with Gasteiger partial charge in [-0.25, -0.2) is 0 Å². The van der Waals surface area contributed by atoms with Crippen molar-refractivity contribution in [2.45, 2.75) is 11.3 Å². The highest BCUT2D eigenvalue weighted by Gasteiger charge is 2.03. The standard InChI is InChI=1S/C9H11NO3S/c11-6-1-7-14-9-4-2-8(3-5-9)10(12)13/h2-5,11H,1,6-7H2. The monoisotopic (exact) mass is 213 g/mol. The Bertz CT molecular complexity index is 299. The van der Waals surface area contributed by atoms with Gasteiger partial charge in [0.2, 0.25) is 0 Å². The average molecular weight is 213 g/mol. The molecule has 4 nitrogen and oxygen atoms in total. The van der Waals surface area contributed by atoms with Crippen molar-refractivity contribution in [1.82, 2.24) is 0 Å². The third-order valence-electron chi connectivity index (χ3n) is 1.62. The number of nitro benzene ring substituents is 1. The molecule has 0 fully saturated rings. The van der Waals surface area contributed by atoms with Crippen LogP contribution in [0.1, 0.15) is 6.42 Å². The molecule has 0 aliphatic heterocycles. The van der Waals surface area contributed by atoms with Gasteiger partial charge in [0.05, 0.1) is 4.92 Å². The lowest BCUT2D eigenvalue weighted by atomic mass is 10.3. The minimum Gasteiger partial charge on any atom is -0.396 e. The maximum Gasteiger partial charge on any atom is 0.269 e. The molecule has 0 aromatic heterocycles. The summed E-state index contributed by atoms with van der Waals surface area (Å²) in [5, 5.41) is 18.9. The van der Waals surface area contributed by atoms with Gasteiger partial charge in [-0.05, 0) is 18.6 Å². The summed E-state index contributed by atoms with van der Waals surface area (Å²) in [5.74, 6) is 0.828. The van der Waals surface area contributed by atoms with Gasteiger partial charge < -0.3 is 5.11 Å². The number of benzene rings is 1. The van der Waals surface area contributed by atoms with E-state index < -0.39 is 4.92 Å². The van der Waals surface area contributed by atoms with Crippen LogP contribution in [0.3, 0.4) is 0 Å². The van der Waals surface area contributed by atoms with E-state index in [1.165, 1.54) is 12.1 Å². The molecular weight excluding hydrogens is 202 g/mol. The molecule has 1 aromatic carbocycles. The second-order valence-corrected chi connectivity index (χ2v) is 3.84. The molecule has 0 saturated heterocycles. The first-order valence-corrected chi connectivity index (χ1v) is 5.20. The lowest BCUT2D eigenvalue weighted by Gasteiger charge is -1.99. The lowest BCUT2D eigenvalue weighted by molar-refractivity contribution is -0.384. The van der Waals surface area contributed by atoms with Gasteiger partial charge in [0, 0.05) is 29.4 Å². The highest BCUT2D eigenvalue weighted by atomic mass is 32.2. The number of aliphatic hydroxyl groups is 1. The van der Waals surface area contributed by atoms with Crippen LogP contribution in [-0.4, -0.2) is 22.4 Å². The molecule has 0 aliphatic carbocycles. The molecule has 0 radical (unpaired) electrons. The van der Waals surface area contributed by atoms with Gasteiger partial charge in [-0.15, -0.1) is 11.8 Å². The average Bonchev–Trinajstić information content (AvgIpc) is 2.19. The van der Waals surface area contributed by atoms with Crippen molar-refractivity contribution >= 4 is 17.4 Å². The fourth-order valence-electron chi connectivity index (χ4n) is 0.919. The molecule has 76 valence electrons. The van der Waals surface area contributed by atoms with Crippen LogP contribution in [0.2, 0.25) is 0 Å². The highest BCUT2D eigenvalue weighted by Crippen LogP contribution is 2.21. The summed E-state index contributed by atoms with van der Waals surface area (Å²) in [6.07, 6.45) is 0.738. The molecule has 0 unspecified atom stereocenters. The first-order chi connectivity index (χ1) is 6.74. The van der Waals surface area contributed by atoms with Gasteiger partial charge in [0.1, 0.15) is 0 Å². The van der Waals surface area contributed by atoms with Gasteiger partial charge in [0.25, 0.3) is 5.69 Å². The summed E-state index contributed by atoms with van der Waals surface area (Å²) in [7, 11) is 0. The van der Waals surface area contributed by atoms with Crippen LogP contribution in [0, 0.1) is 10.1 Å². The van der Waals surface area contributed by atoms with Crippen LogP contribution in [0.5, 0.6) is 0 Å². The Morgan fingerprint density at radius 2 is 2.00 bits per heavy atom. The number of hydrogen-bond donors (Lipinski definition) is 1. The number of nitrogens with zero attached hydrogens (tertiary/aromatic N) is 1. The van der Waals surface area contributed by atoms with Crippen molar-refractivity contribution in [2.24, 2.45) is 0 Å². The number of aliphatic hydroxyl groups excluding tert-OH is 1. The lowest BCUT2D eigenvalue weighted by Crippen LogP contribution is -1.88. The van der Waals surface area contributed by atoms with Crippen LogP contribution >= 0.6 is 11.8 Å². The van der Waals surface area contributed by atoms with Crippen molar-refractivity contribution in [3.05, 3.63) is 34.4 Å². The fraction of sp³-hybridized carbons (Fsp3) is 0.333. The molecule has 14 heavy (non-hydrogen) atoms. The van der Waals surface area contributed by atoms with E-state index in [1.807, 2.05) is 0 Å². The van der Waals surface area contributed by atoms with E-state index in [0.717, 1.165) is 17.1 Å². The SMILES string of the molecule is O=[N+]([O-])c1ccc(SCCCO)cc1. The van der Waals surface area contributed by atoms with Crippen molar-refractivity contribution in [1.29, 1.82) is 0 Å². The van der Waals surface area contributed by atoms with E-state index >= 15 is 0 Å². The van der Waals surface area contributed by atoms with Crippen molar-refractivity contribution in [3.63, 3.8) is 0 Å². The number of thioether (sulfide) groups is 1. The molecule has 0 bridgehead atoms. The number of hydrogen-bond acceptors (Lipinski definition) is 4. The van der Waals surface area contributed by atoms with Gasteiger partial charge in [-0.1, -0.05) is 0 Å². The van der Waals surface area contributed by atoms with Crippen LogP contribution in [0.4, 0.5) is 5.69 Å². The summed E-state index contributed by atoms with van der Waals surface area (Å²) < 4.78 is 0. The molecule has 0 aliphatic rings. The summed E-state index contributed by atoms with van der Waals surface area (Å²) in [6, 6.07) is 6.42. The van der Waals surface area contributed by atoms with E-state index in [2.05, 4.69) is 0 Å². The summed E-state index contributed by atoms with van der Waals surface area (Å²) in [5.41, 5.74) is 0.108. The van der Waals surface area contributed by atoms with Crippen molar-refractivity contribution < 1.29 is 10.0 Å². The second kappa shape index (κ2) is 5.62. The predicted octanol–water partition coefficient (Wildman–Crippen LogP) is 2.07. The minimum atomic E-state index is -0.415. The zero-order chi connectivity index (χ0) is 10.4. The Morgan fingerprint density at radius 1 is 1.36 bits per heavy atom. The van der Waals surface area contributed by atoms with E-state index in [9.17, 15) is 10.1 Å². The topological polar surface area (TPSA) is 63.4 Å². The van der Waals surface area contributed by atoms with Gasteiger partial charge in [-0.2, -0.15) is 0 Å². The van der Waals surface area contributed by atoms with Crippen LogP contribution in [-0.2, 0) is 0 Å². The molecule has 1 N–H and O–H groups in total. The zero-order valence-corrected chi connectivity index (χ0v) is 8.37. The minimum absolute atomic E-state index is 0.108. The third kappa shape index (κ3) is 3.35. The molecule has 0 amide bonds. The third-order valence-corrected chi connectivity index (χ3v) is 2.72. The largest absolute Gasteiger partial charge is 0.396 e. The summed E-state index contributed by atoms with van der Waals surface area (Å²) in [4.78, 5) is 10.9. The highest BCUT2D eigenvalue weighted by molar-refractivity contribution is 7.99. The zero-order valence-electron chi connectivity index (χ0n) is 7.55. The summed E-state index contributed by atoms with van der Waals surface area (Å²) in [6.45, 7) is 0.181. The van der Waals surface area contributed by atoms with E-state index in [0.29, 0.717) is 0 Å². The van der Waals surface area contributed by atoms with E-state index in [-0.39, 0.29) is 12.3 Å². The summed E-state index contributed by atoms with van der Waals surface area (Å²) >= 11 is 1.58. The number of rotatable bonds is 5. The Balaban J connectivity index is 2.51. The molecule has 1 rings (SSSR count). The van der Waals surface area contributed by atoms with Crippen molar-refractivity contribution in [3.8, 4) is 0 Å². The first-order valence-electron chi connectivity index (χ1n) is 4.22. The number of nitro groups is 1. The Kier molecular flexibility index (Phi) is 4.42. The molecule has 0 spiro atoms. The van der Waals surface area contributed by atoms with Gasteiger partial charge in [0.15, 0.2) is 0 Å². The molecular formula is C9H11NO3S.